The second-order valence-electron chi connectivity index (χ2n) is 5.90. The predicted molar refractivity (Wildman–Crippen MR) is 70.0 cm³/mol. The lowest BCUT2D eigenvalue weighted by atomic mass is 9.88. The van der Waals surface area contributed by atoms with Gasteiger partial charge < -0.3 is 9.84 Å². The van der Waals surface area contributed by atoms with E-state index >= 15 is 0 Å². The summed E-state index contributed by atoms with van der Waals surface area (Å²) in [6.45, 7) is 0.128. The van der Waals surface area contributed by atoms with Crippen molar-refractivity contribution in [1.29, 1.82) is 0 Å². The van der Waals surface area contributed by atoms with Crippen molar-refractivity contribution in [3.05, 3.63) is 0 Å². The average molecular weight is 432 g/mol. The van der Waals surface area contributed by atoms with Crippen molar-refractivity contribution in [1.82, 2.24) is 0 Å². The lowest BCUT2D eigenvalue weighted by molar-refractivity contribution is -0.380. The van der Waals surface area contributed by atoms with Crippen LogP contribution in [0.3, 0.4) is 0 Å². The maximum Gasteiger partial charge on any atom is 0.428 e. The van der Waals surface area contributed by atoms with Crippen LogP contribution in [0, 0.1) is 17.8 Å². The molecule has 0 radical (unpaired) electrons. The molecule has 0 aromatic heterocycles. The van der Waals surface area contributed by atoms with Crippen molar-refractivity contribution in [2.24, 2.45) is 17.8 Å². The van der Waals surface area contributed by atoms with Crippen molar-refractivity contribution in [2.45, 2.75) is 47.7 Å². The van der Waals surface area contributed by atoms with E-state index in [2.05, 4.69) is 22.6 Å². The molecule has 2 saturated carbocycles. The van der Waals surface area contributed by atoms with Crippen molar-refractivity contribution in [3.63, 3.8) is 0 Å². The standard InChI is InChI=1S/C12H15F6IO2/c1-5-7-2-6(9(5)19)3-8(7)21-4-10(20,11(13,14)15)12(16,17)18/h5-9,20H,2-4H2,1H3. The first-order chi connectivity index (χ1) is 9.38. The molecule has 0 spiro atoms. The van der Waals surface area contributed by atoms with Crippen molar-refractivity contribution in [2.75, 3.05) is 6.61 Å². The Morgan fingerprint density at radius 2 is 1.62 bits per heavy atom. The molecule has 5 atom stereocenters. The molecule has 0 saturated heterocycles. The van der Waals surface area contributed by atoms with E-state index in [4.69, 9.17) is 9.84 Å². The fourth-order valence-corrected chi connectivity index (χ4v) is 4.41. The number of hydrogen-bond donors (Lipinski definition) is 1. The van der Waals surface area contributed by atoms with E-state index in [1.165, 1.54) is 0 Å². The Bertz CT molecular complexity index is 380. The minimum atomic E-state index is -5.82. The Morgan fingerprint density at radius 3 is 2.00 bits per heavy atom. The van der Waals surface area contributed by atoms with Gasteiger partial charge >= 0.3 is 12.4 Å². The molecule has 2 aliphatic carbocycles. The van der Waals surface area contributed by atoms with Gasteiger partial charge in [-0.15, -0.1) is 0 Å². The third-order valence-electron chi connectivity index (χ3n) is 4.66. The number of halogens is 7. The molecule has 2 nitrogen and oxygen atoms in total. The summed E-state index contributed by atoms with van der Waals surface area (Å²) >= 11 is 2.27. The summed E-state index contributed by atoms with van der Waals surface area (Å²) in [5, 5.41) is 9.06. The van der Waals surface area contributed by atoms with Crippen LogP contribution in [0.5, 0.6) is 0 Å². The molecule has 2 rings (SSSR count). The Balaban J connectivity index is 2.05. The van der Waals surface area contributed by atoms with E-state index in [1.54, 1.807) is 0 Å². The van der Waals surface area contributed by atoms with Crippen molar-refractivity contribution < 1.29 is 36.2 Å². The van der Waals surface area contributed by atoms with Crippen LogP contribution in [0.2, 0.25) is 0 Å². The number of aliphatic hydroxyl groups is 1. The monoisotopic (exact) mass is 432 g/mol. The molecule has 0 aromatic rings. The highest BCUT2D eigenvalue weighted by molar-refractivity contribution is 14.1. The van der Waals surface area contributed by atoms with Crippen LogP contribution in [-0.2, 0) is 4.74 Å². The Hall–Kier alpha value is 0.230. The molecule has 2 bridgehead atoms. The molecule has 0 aromatic carbocycles. The zero-order valence-corrected chi connectivity index (χ0v) is 13.2. The zero-order chi connectivity index (χ0) is 16.2. The van der Waals surface area contributed by atoms with E-state index in [1.807, 2.05) is 6.92 Å². The van der Waals surface area contributed by atoms with Crippen LogP contribution in [0.1, 0.15) is 19.8 Å². The molecule has 1 N–H and O–H groups in total. The minimum Gasteiger partial charge on any atom is -0.374 e. The third kappa shape index (κ3) is 2.89. The van der Waals surface area contributed by atoms with Crippen molar-refractivity contribution >= 4 is 22.6 Å². The number of alkyl halides is 7. The summed E-state index contributed by atoms with van der Waals surface area (Å²) in [4.78, 5) is 0. The van der Waals surface area contributed by atoms with E-state index in [0.29, 0.717) is 10.3 Å². The van der Waals surface area contributed by atoms with Gasteiger partial charge in [0.15, 0.2) is 0 Å². The number of rotatable bonds is 3. The van der Waals surface area contributed by atoms with Crippen LogP contribution in [-0.4, -0.2) is 39.7 Å². The molecular formula is C12H15F6IO2. The van der Waals surface area contributed by atoms with Gasteiger partial charge in [-0.25, -0.2) is 0 Å². The van der Waals surface area contributed by atoms with Gasteiger partial charge in [0, 0.05) is 3.92 Å². The normalized spacial score (nSPS) is 37.3. The van der Waals surface area contributed by atoms with E-state index < -0.39 is 30.7 Å². The topological polar surface area (TPSA) is 29.5 Å². The summed E-state index contributed by atoms with van der Waals surface area (Å²) in [5.41, 5.74) is -4.81. The summed E-state index contributed by atoms with van der Waals surface area (Å²) in [6.07, 6.45) is -11.1. The fourth-order valence-electron chi connectivity index (χ4n) is 3.29. The minimum absolute atomic E-state index is 0.0392. The number of fused-ring (bicyclic) bond motifs is 2. The van der Waals surface area contributed by atoms with Gasteiger partial charge in [0.1, 0.15) is 0 Å². The molecule has 0 amide bonds. The highest BCUT2D eigenvalue weighted by Gasteiger charge is 2.71. The van der Waals surface area contributed by atoms with Gasteiger partial charge in [0.05, 0.1) is 12.7 Å². The predicted octanol–water partition coefficient (Wildman–Crippen LogP) is 3.71. The molecule has 9 heteroatoms. The molecule has 2 aliphatic rings. The molecule has 2 fully saturated rings. The summed E-state index contributed by atoms with van der Waals surface area (Å²) in [6, 6.07) is 0. The summed E-state index contributed by atoms with van der Waals surface area (Å²) in [5.74, 6) is 0.419. The smallest absolute Gasteiger partial charge is 0.374 e. The second kappa shape index (κ2) is 5.40. The van der Waals surface area contributed by atoms with Gasteiger partial charge in [-0.1, -0.05) is 29.5 Å². The maximum absolute atomic E-state index is 12.5. The van der Waals surface area contributed by atoms with Gasteiger partial charge in [0.25, 0.3) is 5.60 Å². The average Bonchev–Trinajstić information content (AvgIpc) is 2.84. The Kier molecular flexibility index (Phi) is 4.52. The van der Waals surface area contributed by atoms with Crippen LogP contribution < -0.4 is 0 Å². The number of hydrogen-bond acceptors (Lipinski definition) is 2. The molecular weight excluding hydrogens is 417 g/mol. The first-order valence-corrected chi connectivity index (χ1v) is 7.74. The molecule has 5 unspecified atom stereocenters. The van der Waals surface area contributed by atoms with E-state index in [9.17, 15) is 26.3 Å². The fraction of sp³-hybridized carbons (Fsp3) is 1.00. The van der Waals surface area contributed by atoms with Crippen LogP contribution >= 0.6 is 22.6 Å². The highest BCUT2D eigenvalue weighted by Crippen LogP contribution is 2.53. The lowest BCUT2D eigenvalue weighted by Gasteiger charge is -2.36. The lowest BCUT2D eigenvalue weighted by Crippen LogP contribution is -2.60. The van der Waals surface area contributed by atoms with Gasteiger partial charge in [-0.05, 0) is 30.6 Å². The maximum atomic E-state index is 12.5. The summed E-state index contributed by atoms with van der Waals surface area (Å²) in [7, 11) is 0. The van der Waals surface area contributed by atoms with E-state index in [-0.39, 0.29) is 17.8 Å². The summed E-state index contributed by atoms with van der Waals surface area (Å²) < 4.78 is 80.5. The third-order valence-corrected chi connectivity index (χ3v) is 6.81. The van der Waals surface area contributed by atoms with E-state index in [0.717, 1.165) is 6.42 Å². The first-order valence-electron chi connectivity index (χ1n) is 6.50. The quantitative estimate of drug-likeness (QED) is 0.419. The van der Waals surface area contributed by atoms with Crippen molar-refractivity contribution in [3.8, 4) is 0 Å². The Labute approximate surface area is 131 Å². The van der Waals surface area contributed by atoms with Crippen LogP contribution in [0.25, 0.3) is 0 Å². The first kappa shape index (κ1) is 17.6. The molecule has 0 heterocycles. The van der Waals surface area contributed by atoms with Crippen LogP contribution in [0.15, 0.2) is 0 Å². The largest absolute Gasteiger partial charge is 0.428 e. The van der Waals surface area contributed by atoms with Gasteiger partial charge in [-0.2, -0.15) is 26.3 Å². The SMILES string of the molecule is CC1C(I)C2CC(OCC(O)(C(F)(F)F)C(F)(F)F)C1C2. The molecule has 0 aliphatic heterocycles. The highest BCUT2D eigenvalue weighted by atomic mass is 127. The number of ether oxygens (including phenoxy) is 1. The Morgan fingerprint density at radius 1 is 1.10 bits per heavy atom. The van der Waals surface area contributed by atoms with Gasteiger partial charge in [-0.3, -0.25) is 0 Å². The zero-order valence-electron chi connectivity index (χ0n) is 11.0. The second-order valence-corrected chi connectivity index (χ2v) is 7.34. The van der Waals surface area contributed by atoms with Crippen LogP contribution in [0.4, 0.5) is 26.3 Å². The van der Waals surface area contributed by atoms with Gasteiger partial charge in [0.2, 0.25) is 0 Å². The molecule has 21 heavy (non-hydrogen) atoms. The molecule has 124 valence electrons.